The smallest absolute Gasteiger partial charge is 0.0599 e. The van der Waals surface area contributed by atoms with Gasteiger partial charge in [-0.2, -0.15) is 0 Å². The van der Waals surface area contributed by atoms with Crippen LogP contribution in [0.2, 0.25) is 0 Å². The molecule has 0 saturated carbocycles. The van der Waals surface area contributed by atoms with Crippen molar-refractivity contribution in [3.8, 4) is 0 Å². The van der Waals surface area contributed by atoms with E-state index in [0.717, 1.165) is 18.4 Å². The number of ether oxygens (including phenoxy) is 1. The van der Waals surface area contributed by atoms with Gasteiger partial charge in [0.15, 0.2) is 0 Å². The summed E-state index contributed by atoms with van der Waals surface area (Å²) in [7, 11) is 0. The first-order chi connectivity index (χ1) is 18.7. The minimum Gasteiger partial charge on any atom is -0.378 e. The normalized spacial score (nSPS) is 15.3. The molecule has 1 aliphatic heterocycles. The Morgan fingerprint density at radius 3 is 1.37 bits per heavy atom. The topological polar surface area (TPSA) is 12.5 Å². The molecular formula is C36H73NO. The second kappa shape index (κ2) is 27.1. The molecule has 0 spiro atoms. The minimum atomic E-state index is 0.528. The summed E-state index contributed by atoms with van der Waals surface area (Å²) >= 11 is 0. The van der Waals surface area contributed by atoms with Gasteiger partial charge in [0.2, 0.25) is 0 Å². The molecule has 0 bridgehead atoms. The Morgan fingerprint density at radius 2 is 0.895 bits per heavy atom. The third-order valence-corrected chi connectivity index (χ3v) is 9.35. The van der Waals surface area contributed by atoms with Crippen LogP contribution in [0.15, 0.2) is 0 Å². The average Bonchev–Trinajstić information content (AvgIpc) is 2.94. The lowest BCUT2D eigenvalue weighted by Gasteiger charge is -2.32. The molecule has 1 saturated heterocycles. The van der Waals surface area contributed by atoms with Gasteiger partial charge < -0.3 is 9.64 Å². The van der Waals surface area contributed by atoms with Crippen LogP contribution in [0.25, 0.3) is 0 Å². The van der Waals surface area contributed by atoms with E-state index in [1.807, 2.05) is 0 Å². The second-order valence-electron chi connectivity index (χ2n) is 13.0. The van der Waals surface area contributed by atoms with Crippen LogP contribution in [-0.2, 0) is 4.74 Å². The molecule has 1 heterocycles. The van der Waals surface area contributed by atoms with Gasteiger partial charge in [-0.15, -0.1) is 0 Å². The van der Waals surface area contributed by atoms with E-state index in [9.17, 15) is 0 Å². The monoisotopic (exact) mass is 536 g/mol. The molecule has 0 unspecified atom stereocenters. The zero-order valence-corrected chi connectivity index (χ0v) is 27.1. The Kier molecular flexibility index (Phi) is 25.6. The molecule has 0 atom stereocenters. The maximum atomic E-state index is 6.39. The number of rotatable bonds is 28. The number of nitrogens with zero attached hydrogens (tertiary/aromatic N) is 1. The standard InChI is InChI=1S/C36H73NO/c1-5-9-13-17-24-35(25-18-14-10-6-2)27-21-33-38-36-28-31-37(32-29-36)30-20-19-26-34(22-15-11-7-3)23-16-12-8-4/h34-36H,5-33H2,1-4H3. The first kappa shape index (κ1) is 35.9. The molecule has 1 aliphatic rings. The van der Waals surface area contributed by atoms with E-state index in [1.165, 1.54) is 180 Å². The van der Waals surface area contributed by atoms with Crippen LogP contribution >= 0.6 is 0 Å². The van der Waals surface area contributed by atoms with E-state index in [0.29, 0.717) is 6.10 Å². The Morgan fingerprint density at radius 1 is 0.500 bits per heavy atom. The average molecular weight is 536 g/mol. The lowest BCUT2D eigenvalue weighted by molar-refractivity contribution is 0.00432. The maximum Gasteiger partial charge on any atom is 0.0599 e. The lowest BCUT2D eigenvalue weighted by atomic mass is 9.90. The molecule has 2 heteroatoms. The maximum absolute atomic E-state index is 6.39. The first-order valence-corrected chi connectivity index (χ1v) is 18.1. The highest BCUT2D eigenvalue weighted by Gasteiger charge is 2.19. The van der Waals surface area contributed by atoms with Crippen molar-refractivity contribution in [1.29, 1.82) is 0 Å². The first-order valence-electron chi connectivity index (χ1n) is 18.1. The van der Waals surface area contributed by atoms with Gasteiger partial charge in [-0.3, -0.25) is 0 Å². The van der Waals surface area contributed by atoms with Crippen molar-refractivity contribution in [1.82, 2.24) is 4.90 Å². The molecular weight excluding hydrogens is 462 g/mol. The van der Waals surface area contributed by atoms with Gasteiger partial charge in [-0.05, 0) is 50.5 Å². The summed E-state index contributed by atoms with van der Waals surface area (Å²) in [6.07, 6.45) is 35.8. The van der Waals surface area contributed by atoms with Crippen LogP contribution in [0.4, 0.5) is 0 Å². The quantitative estimate of drug-likeness (QED) is 0.0923. The fourth-order valence-corrected chi connectivity index (χ4v) is 6.64. The van der Waals surface area contributed by atoms with Crippen LogP contribution in [0.5, 0.6) is 0 Å². The van der Waals surface area contributed by atoms with Gasteiger partial charge in [0.1, 0.15) is 0 Å². The summed E-state index contributed by atoms with van der Waals surface area (Å²) in [5.41, 5.74) is 0. The van der Waals surface area contributed by atoms with Crippen LogP contribution < -0.4 is 0 Å². The Hall–Kier alpha value is -0.0800. The number of unbranched alkanes of at least 4 members (excludes halogenated alkanes) is 11. The van der Waals surface area contributed by atoms with Crippen molar-refractivity contribution < 1.29 is 4.74 Å². The molecule has 38 heavy (non-hydrogen) atoms. The van der Waals surface area contributed by atoms with Gasteiger partial charge in [0.05, 0.1) is 6.10 Å². The number of hydrogen-bond acceptors (Lipinski definition) is 2. The van der Waals surface area contributed by atoms with E-state index in [1.54, 1.807) is 0 Å². The SMILES string of the molecule is CCCCCCC(CCCCCC)CCCOC1CCN(CCCCC(CCCCC)CCCCC)CC1. The molecule has 0 N–H and O–H groups in total. The van der Waals surface area contributed by atoms with Crippen LogP contribution in [0.3, 0.4) is 0 Å². The highest BCUT2D eigenvalue weighted by Crippen LogP contribution is 2.25. The Bertz CT molecular complexity index is 436. The van der Waals surface area contributed by atoms with Gasteiger partial charge in [0.25, 0.3) is 0 Å². The minimum absolute atomic E-state index is 0.528. The van der Waals surface area contributed by atoms with E-state index >= 15 is 0 Å². The van der Waals surface area contributed by atoms with Crippen LogP contribution in [-0.4, -0.2) is 37.2 Å². The fraction of sp³-hybridized carbons (Fsp3) is 1.00. The van der Waals surface area contributed by atoms with Crippen molar-refractivity contribution in [2.45, 2.75) is 194 Å². The zero-order chi connectivity index (χ0) is 27.5. The van der Waals surface area contributed by atoms with Crippen molar-refractivity contribution in [3.05, 3.63) is 0 Å². The van der Waals surface area contributed by atoms with Crippen molar-refractivity contribution in [2.24, 2.45) is 11.8 Å². The molecule has 0 aromatic heterocycles. The highest BCUT2D eigenvalue weighted by molar-refractivity contribution is 4.73. The van der Waals surface area contributed by atoms with E-state index < -0.39 is 0 Å². The van der Waals surface area contributed by atoms with E-state index in [4.69, 9.17) is 4.74 Å². The summed E-state index contributed by atoms with van der Waals surface area (Å²) in [6.45, 7) is 14.2. The van der Waals surface area contributed by atoms with Crippen molar-refractivity contribution in [2.75, 3.05) is 26.2 Å². The van der Waals surface area contributed by atoms with Crippen LogP contribution in [0, 0.1) is 11.8 Å². The molecule has 0 aromatic carbocycles. The van der Waals surface area contributed by atoms with Gasteiger partial charge in [-0.1, -0.05) is 156 Å². The molecule has 2 nitrogen and oxygen atoms in total. The van der Waals surface area contributed by atoms with E-state index in [-0.39, 0.29) is 0 Å². The predicted molar refractivity (Wildman–Crippen MR) is 171 cm³/mol. The third kappa shape index (κ3) is 20.8. The second-order valence-corrected chi connectivity index (χ2v) is 13.0. The molecule has 1 rings (SSSR count). The molecule has 228 valence electrons. The number of likely N-dealkylation sites (tertiary alicyclic amines) is 1. The van der Waals surface area contributed by atoms with Gasteiger partial charge in [0, 0.05) is 19.7 Å². The molecule has 0 radical (unpaired) electrons. The summed E-state index contributed by atoms with van der Waals surface area (Å²) in [5.74, 6) is 1.95. The van der Waals surface area contributed by atoms with Crippen molar-refractivity contribution >= 4 is 0 Å². The van der Waals surface area contributed by atoms with Gasteiger partial charge in [-0.25, -0.2) is 0 Å². The molecule has 0 aliphatic carbocycles. The highest BCUT2D eigenvalue weighted by atomic mass is 16.5. The summed E-state index contributed by atoms with van der Waals surface area (Å²) in [5, 5.41) is 0. The molecule has 1 fully saturated rings. The molecule has 0 aromatic rings. The summed E-state index contributed by atoms with van der Waals surface area (Å²) < 4.78 is 6.39. The number of piperidine rings is 1. The molecule has 0 amide bonds. The predicted octanol–water partition coefficient (Wildman–Crippen LogP) is 11.8. The Balaban J connectivity index is 2.14. The number of hydrogen-bond donors (Lipinski definition) is 0. The largest absolute Gasteiger partial charge is 0.378 e. The fourth-order valence-electron chi connectivity index (χ4n) is 6.64. The lowest BCUT2D eigenvalue weighted by Crippen LogP contribution is -2.37. The summed E-state index contributed by atoms with van der Waals surface area (Å²) in [4.78, 5) is 2.73. The van der Waals surface area contributed by atoms with Crippen molar-refractivity contribution in [3.63, 3.8) is 0 Å². The third-order valence-electron chi connectivity index (χ3n) is 9.35. The van der Waals surface area contributed by atoms with E-state index in [2.05, 4.69) is 32.6 Å². The zero-order valence-electron chi connectivity index (χ0n) is 27.1. The Labute approximate surface area is 241 Å². The van der Waals surface area contributed by atoms with Crippen LogP contribution in [0.1, 0.15) is 188 Å². The van der Waals surface area contributed by atoms with Gasteiger partial charge >= 0.3 is 0 Å². The summed E-state index contributed by atoms with van der Waals surface area (Å²) in [6, 6.07) is 0.